The van der Waals surface area contributed by atoms with Crippen LogP contribution in [-0.4, -0.2) is 9.13 Å². The summed E-state index contributed by atoms with van der Waals surface area (Å²) in [5.41, 5.74) is 12.1. The number of fused-ring (bicyclic) bond motifs is 8. The molecule has 0 amide bonds. The molecule has 2 aromatic heterocycles. The Labute approximate surface area is 278 Å². The molecule has 0 aliphatic carbocycles. The molecule has 0 bridgehead atoms. The van der Waals surface area contributed by atoms with E-state index in [1.54, 1.807) is 0 Å². The van der Waals surface area contributed by atoms with Crippen molar-refractivity contribution in [2.24, 2.45) is 0 Å². The van der Waals surface area contributed by atoms with Gasteiger partial charge in [-0.1, -0.05) is 121 Å². The summed E-state index contributed by atoms with van der Waals surface area (Å²) in [6.07, 6.45) is 0. The Balaban J connectivity index is 1.19. The Kier molecular flexibility index (Phi) is 5.91. The summed E-state index contributed by atoms with van der Waals surface area (Å²) in [4.78, 5) is 0. The number of hydrogen-bond donors (Lipinski definition) is 0. The van der Waals surface area contributed by atoms with Gasteiger partial charge in [0, 0.05) is 32.9 Å². The van der Waals surface area contributed by atoms with Gasteiger partial charge in [-0.05, 0) is 93.7 Å². The van der Waals surface area contributed by atoms with Crippen LogP contribution >= 0.6 is 0 Å². The number of para-hydroxylation sites is 2. The summed E-state index contributed by atoms with van der Waals surface area (Å²) in [6.45, 7) is 0. The normalized spacial score (nSPS) is 11.8. The van der Waals surface area contributed by atoms with Gasteiger partial charge in [0.15, 0.2) is 0 Å². The SMILES string of the molecule is c1ccc(-c2ccc(-n3c4ccc(-c5ccc6c(c5)c5ccccc5n6-c5ccccc5)cc4c4c5ccccc5ccc43)cc2)cc1. The smallest absolute Gasteiger partial charge is 0.0547 e. The van der Waals surface area contributed by atoms with Crippen molar-refractivity contribution in [1.82, 2.24) is 9.13 Å². The fourth-order valence-corrected chi connectivity index (χ4v) is 7.69. The Morgan fingerprint density at radius 3 is 1.54 bits per heavy atom. The van der Waals surface area contributed by atoms with E-state index in [0.29, 0.717) is 0 Å². The molecular formula is C46H30N2. The van der Waals surface area contributed by atoms with Crippen LogP contribution in [0.5, 0.6) is 0 Å². The number of rotatable bonds is 4. The van der Waals surface area contributed by atoms with E-state index in [2.05, 4.69) is 191 Å². The van der Waals surface area contributed by atoms with Crippen molar-refractivity contribution >= 4 is 54.4 Å². The summed E-state index contributed by atoms with van der Waals surface area (Å²) >= 11 is 0. The van der Waals surface area contributed by atoms with Crippen LogP contribution in [0.25, 0.3) is 88.0 Å². The zero-order chi connectivity index (χ0) is 31.6. The maximum absolute atomic E-state index is 2.42. The van der Waals surface area contributed by atoms with Crippen molar-refractivity contribution in [3.05, 3.63) is 182 Å². The second kappa shape index (κ2) is 10.6. The lowest BCUT2D eigenvalue weighted by Gasteiger charge is -2.10. The standard InChI is InChI=1S/C46H30N2/c1-3-11-31(12-4-1)32-19-24-37(25-20-32)48-44-27-23-35(30-41(44)46-38-16-8-7-13-33(38)21-28-45(46)48)34-22-26-43-40(29-34)39-17-9-10-18-42(39)47(43)36-14-5-2-6-15-36/h1-30H. The second-order valence-corrected chi connectivity index (χ2v) is 12.6. The average molecular weight is 611 g/mol. The van der Waals surface area contributed by atoms with Crippen LogP contribution in [0.15, 0.2) is 182 Å². The van der Waals surface area contributed by atoms with Gasteiger partial charge in [-0.2, -0.15) is 0 Å². The Hall–Kier alpha value is -6.38. The van der Waals surface area contributed by atoms with Crippen molar-refractivity contribution in [2.45, 2.75) is 0 Å². The van der Waals surface area contributed by atoms with Crippen LogP contribution in [0.1, 0.15) is 0 Å². The number of benzene rings is 8. The molecule has 0 aliphatic heterocycles. The molecule has 0 N–H and O–H groups in total. The molecule has 10 rings (SSSR count). The molecule has 2 heteroatoms. The Bertz CT molecular complexity index is 2800. The molecule has 0 atom stereocenters. The van der Waals surface area contributed by atoms with Crippen LogP contribution < -0.4 is 0 Å². The topological polar surface area (TPSA) is 9.86 Å². The van der Waals surface area contributed by atoms with Gasteiger partial charge in [-0.15, -0.1) is 0 Å². The molecule has 2 heterocycles. The highest BCUT2D eigenvalue weighted by atomic mass is 15.0. The average Bonchev–Trinajstić information content (AvgIpc) is 3.68. The number of hydrogen-bond acceptors (Lipinski definition) is 0. The zero-order valence-corrected chi connectivity index (χ0v) is 26.2. The number of nitrogens with zero attached hydrogens (tertiary/aromatic N) is 2. The van der Waals surface area contributed by atoms with Crippen LogP contribution in [0.4, 0.5) is 0 Å². The van der Waals surface area contributed by atoms with E-state index in [0.717, 1.165) is 5.69 Å². The maximum atomic E-state index is 2.42. The van der Waals surface area contributed by atoms with E-state index in [1.807, 2.05) is 0 Å². The Morgan fingerprint density at radius 1 is 0.271 bits per heavy atom. The van der Waals surface area contributed by atoms with E-state index in [-0.39, 0.29) is 0 Å². The van der Waals surface area contributed by atoms with Gasteiger partial charge < -0.3 is 9.13 Å². The van der Waals surface area contributed by atoms with Gasteiger partial charge >= 0.3 is 0 Å². The first-order chi connectivity index (χ1) is 23.8. The third-order valence-corrected chi connectivity index (χ3v) is 9.91. The van der Waals surface area contributed by atoms with Gasteiger partial charge in [-0.3, -0.25) is 0 Å². The summed E-state index contributed by atoms with van der Waals surface area (Å²) < 4.78 is 4.80. The van der Waals surface area contributed by atoms with Crippen LogP contribution in [0, 0.1) is 0 Å². The van der Waals surface area contributed by atoms with E-state index in [9.17, 15) is 0 Å². The van der Waals surface area contributed by atoms with E-state index < -0.39 is 0 Å². The largest absolute Gasteiger partial charge is 0.309 e. The van der Waals surface area contributed by atoms with Crippen LogP contribution in [-0.2, 0) is 0 Å². The van der Waals surface area contributed by atoms with Crippen LogP contribution in [0.3, 0.4) is 0 Å². The van der Waals surface area contributed by atoms with Gasteiger partial charge in [0.25, 0.3) is 0 Å². The molecule has 0 aliphatic rings. The molecule has 2 nitrogen and oxygen atoms in total. The predicted octanol–water partition coefficient (Wildman–Crippen LogP) is 12.4. The molecule has 0 fully saturated rings. The van der Waals surface area contributed by atoms with E-state index >= 15 is 0 Å². The highest BCUT2D eigenvalue weighted by Crippen LogP contribution is 2.40. The zero-order valence-electron chi connectivity index (χ0n) is 26.2. The first-order valence-electron chi connectivity index (χ1n) is 16.5. The quantitative estimate of drug-likeness (QED) is 0.188. The minimum absolute atomic E-state index is 1.16. The summed E-state index contributed by atoms with van der Waals surface area (Å²) in [5, 5.41) is 7.61. The minimum atomic E-state index is 1.16. The highest BCUT2D eigenvalue weighted by Gasteiger charge is 2.17. The molecule has 224 valence electrons. The third kappa shape index (κ3) is 4.06. The van der Waals surface area contributed by atoms with Gasteiger partial charge in [-0.25, -0.2) is 0 Å². The van der Waals surface area contributed by atoms with Crippen molar-refractivity contribution in [3.63, 3.8) is 0 Å². The highest BCUT2D eigenvalue weighted by molar-refractivity contribution is 6.22. The second-order valence-electron chi connectivity index (χ2n) is 12.6. The van der Waals surface area contributed by atoms with Crippen molar-refractivity contribution < 1.29 is 0 Å². The molecule has 0 saturated carbocycles. The molecule has 48 heavy (non-hydrogen) atoms. The molecule has 8 aromatic carbocycles. The summed E-state index contributed by atoms with van der Waals surface area (Å²) in [7, 11) is 0. The Morgan fingerprint density at radius 2 is 0.771 bits per heavy atom. The lowest BCUT2D eigenvalue weighted by molar-refractivity contribution is 1.18. The lowest BCUT2D eigenvalue weighted by atomic mass is 9.99. The molecule has 0 spiro atoms. The minimum Gasteiger partial charge on any atom is -0.309 e. The van der Waals surface area contributed by atoms with Crippen molar-refractivity contribution in [3.8, 4) is 33.6 Å². The van der Waals surface area contributed by atoms with E-state index in [1.165, 1.54) is 82.3 Å². The molecular weight excluding hydrogens is 581 g/mol. The van der Waals surface area contributed by atoms with Gasteiger partial charge in [0.1, 0.15) is 0 Å². The monoisotopic (exact) mass is 610 g/mol. The van der Waals surface area contributed by atoms with Gasteiger partial charge in [0.05, 0.1) is 22.1 Å². The maximum Gasteiger partial charge on any atom is 0.0547 e. The molecule has 0 saturated heterocycles. The molecule has 0 radical (unpaired) electrons. The number of aromatic nitrogens is 2. The third-order valence-electron chi connectivity index (χ3n) is 9.91. The summed E-state index contributed by atoms with van der Waals surface area (Å²) in [5.74, 6) is 0. The van der Waals surface area contributed by atoms with Crippen LogP contribution in [0.2, 0.25) is 0 Å². The lowest BCUT2D eigenvalue weighted by Crippen LogP contribution is -1.94. The predicted molar refractivity (Wildman–Crippen MR) is 203 cm³/mol. The fraction of sp³-hybridized carbons (Fsp3) is 0. The van der Waals surface area contributed by atoms with Crippen molar-refractivity contribution in [1.29, 1.82) is 0 Å². The van der Waals surface area contributed by atoms with Gasteiger partial charge in [0.2, 0.25) is 0 Å². The van der Waals surface area contributed by atoms with Crippen molar-refractivity contribution in [2.75, 3.05) is 0 Å². The fourth-order valence-electron chi connectivity index (χ4n) is 7.69. The molecule has 10 aromatic rings. The molecule has 0 unspecified atom stereocenters. The van der Waals surface area contributed by atoms with E-state index in [4.69, 9.17) is 0 Å². The summed E-state index contributed by atoms with van der Waals surface area (Å²) in [6, 6.07) is 66.2. The first kappa shape index (κ1) is 26.8. The first-order valence-corrected chi connectivity index (χ1v) is 16.5.